The van der Waals surface area contributed by atoms with E-state index in [1.807, 2.05) is 38.1 Å². The van der Waals surface area contributed by atoms with E-state index in [1.54, 1.807) is 0 Å². The summed E-state index contributed by atoms with van der Waals surface area (Å²) in [5.41, 5.74) is 1.64. The third kappa shape index (κ3) is 2.66. The fourth-order valence-electron chi connectivity index (χ4n) is 1.28. The van der Waals surface area contributed by atoms with Crippen LogP contribution in [0.4, 0.5) is 5.69 Å². The lowest BCUT2D eigenvalue weighted by atomic mass is 10.1. The van der Waals surface area contributed by atoms with Crippen LogP contribution in [0.2, 0.25) is 0 Å². The topological polar surface area (TPSA) is 83.6 Å². The molecule has 0 aliphatic heterocycles. The van der Waals surface area contributed by atoms with E-state index in [9.17, 15) is 4.79 Å². The van der Waals surface area contributed by atoms with E-state index in [0.29, 0.717) is 5.82 Å². The summed E-state index contributed by atoms with van der Waals surface area (Å²) in [6.45, 7) is 3.70. The molecule has 17 heavy (non-hydrogen) atoms. The number of tetrazole rings is 1. The number of amides is 1. The number of H-pyrrole nitrogens is 1. The van der Waals surface area contributed by atoms with Crippen molar-refractivity contribution in [3.63, 3.8) is 0 Å². The molecule has 1 aromatic heterocycles. The maximum absolute atomic E-state index is 11.5. The molecule has 1 amide bonds. The van der Waals surface area contributed by atoms with Crippen LogP contribution in [-0.2, 0) is 4.79 Å². The zero-order valence-corrected chi connectivity index (χ0v) is 9.64. The predicted octanol–water partition coefficient (Wildman–Crippen LogP) is 1.46. The molecule has 0 saturated heterocycles. The molecule has 0 atom stereocenters. The van der Waals surface area contributed by atoms with Crippen LogP contribution in [0.5, 0.6) is 0 Å². The fourth-order valence-corrected chi connectivity index (χ4v) is 1.28. The van der Waals surface area contributed by atoms with Gasteiger partial charge in [0.25, 0.3) is 0 Å². The number of rotatable bonds is 3. The molecule has 0 fully saturated rings. The van der Waals surface area contributed by atoms with Gasteiger partial charge >= 0.3 is 0 Å². The lowest BCUT2D eigenvalue weighted by Gasteiger charge is -2.07. The van der Waals surface area contributed by atoms with Gasteiger partial charge < -0.3 is 5.32 Å². The fraction of sp³-hybridized carbons (Fsp3) is 0.273. The van der Waals surface area contributed by atoms with Gasteiger partial charge in [-0.1, -0.05) is 13.8 Å². The van der Waals surface area contributed by atoms with Crippen molar-refractivity contribution in [3.05, 3.63) is 24.3 Å². The van der Waals surface area contributed by atoms with E-state index in [4.69, 9.17) is 0 Å². The van der Waals surface area contributed by atoms with Crippen LogP contribution < -0.4 is 5.32 Å². The molecule has 0 radical (unpaired) electrons. The van der Waals surface area contributed by atoms with Gasteiger partial charge in [-0.15, -0.1) is 5.10 Å². The molecule has 0 spiro atoms. The number of nitrogens with zero attached hydrogens (tertiary/aromatic N) is 3. The van der Waals surface area contributed by atoms with E-state index < -0.39 is 0 Å². The minimum absolute atomic E-state index is 0.000850. The number of aromatic nitrogens is 4. The van der Waals surface area contributed by atoms with Crippen molar-refractivity contribution in [1.82, 2.24) is 20.6 Å². The second-order valence-electron chi connectivity index (χ2n) is 3.97. The zero-order chi connectivity index (χ0) is 12.3. The molecular formula is C11H13N5O. The van der Waals surface area contributed by atoms with Crippen LogP contribution in [-0.4, -0.2) is 26.5 Å². The second-order valence-corrected chi connectivity index (χ2v) is 3.97. The summed E-state index contributed by atoms with van der Waals surface area (Å²) < 4.78 is 0. The highest BCUT2D eigenvalue weighted by molar-refractivity contribution is 5.92. The van der Waals surface area contributed by atoms with Gasteiger partial charge in [0.05, 0.1) is 0 Å². The van der Waals surface area contributed by atoms with Crippen molar-refractivity contribution in [2.75, 3.05) is 5.32 Å². The maximum atomic E-state index is 11.5. The minimum Gasteiger partial charge on any atom is -0.326 e. The number of anilines is 1. The van der Waals surface area contributed by atoms with Gasteiger partial charge in [0.1, 0.15) is 0 Å². The standard InChI is InChI=1S/C11H13N5O/c1-7(2)11(17)12-9-5-3-8(4-6-9)10-13-15-16-14-10/h3-7H,1-2H3,(H,12,17)(H,13,14,15,16). The summed E-state index contributed by atoms with van der Waals surface area (Å²) in [4.78, 5) is 11.5. The van der Waals surface area contributed by atoms with Gasteiger partial charge in [-0.3, -0.25) is 4.79 Å². The van der Waals surface area contributed by atoms with Gasteiger partial charge in [0, 0.05) is 17.2 Å². The Labute approximate surface area is 98.4 Å². The van der Waals surface area contributed by atoms with Crippen LogP contribution in [0.25, 0.3) is 11.4 Å². The van der Waals surface area contributed by atoms with Gasteiger partial charge in [0.2, 0.25) is 5.91 Å². The average Bonchev–Trinajstić information content (AvgIpc) is 2.83. The lowest BCUT2D eigenvalue weighted by Crippen LogP contribution is -2.17. The van der Waals surface area contributed by atoms with Crippen molar-refractivity contribution >= 4 is 11.6 Å². The third-order valence-electron chi connectivity index (χ3n) is 2.30. The molecule has 88 valence electrons. The van der Waals surface area contributed by atoms with Gasteiger partial charge in [-0.25, -0.2) is 5.10 Å². The molecule has 6 heteroatoms. The van der Waals surface area contributed by atoms with Gasteiger partial charge in [-0.2, -0.15) is 0 Å². The molecule has 1 heterocycles. The first kappa shape index (κ1) is 11.3. The molecule has 2 rings (SSSR count). The third-order valence-corrected chi connectivity index (χ3v) is 2.30. The quantitative estimate of drug-likeness (QED) is 0.837. The van der Waals surface area contributed by atoms with Crippen LogP contribution in [0.1, 0.15) is 13.8 Å². The molecule has 2 aromatic rings. The molecule has 0 aliphatic rings. The maximum Gasteiger partial charge on any atom is 0.226 e. The highest BCUT2D eigenvalue weighted by atomic mass is 16.1. The lowest BCUT2D eigenvalue weighted by molar-refractivity contribution is -0.118. The van der Waals surface area contributed by atoms with Crippen LogP contribution in [0.15, 0.2) is 24.3 Å². The van der Waals surface area contributed by atoms with Crippen molar-refractivity contribution in [3.8, 4) is 11.4 Å². The van der Waals surface area contributed by atoms with Crippen LogP contribution >= 0.6 is 0 Å². The van der Waals surface area contributed by atoms with Crippen molar-refractivity contribution in [2.24, 2.45) is 5.92 Å². The predicted molar refractivity (Wildman–Crippen MR) is 63.1 cm³/mol. The van der Waals surface area contributed by atoms with E-state index in [0.717, 1.165) is 11.3 Å². The summed E-state index contributed by atoms with van der Waals surface area (Å²) in [6, 6.07) is 7.33. The number of carbonyl (C=O) groups is 1. The molecule has 0 unspecified atom stereocenters. The summed E-state index contributed by atoms with van der Waals surface area (Å²) in [5.74, 6) is 0.568. The van der Waals surface area contributed by atoms with E-state index in [-0.39, 0.29) is 11.8 Å². The number of benzene rings is 1. The normalized spacial score (nSPS) is 10.5. The first-order chi connectivity index (χ1) is 8.16. The molecule has 2 N–H and O–H groups in total. The van der Waals surface area contributed by atoms with Gasteiger partial charge in [0.15, 0.2) is 5.82 Å². The second kappa shape index (κ2) is 4.73. The van der Waals surface area contributed by atoms with E-state index in [2.05, 4.69) is 25.9 Å². The highest BCUT2D eigenvalue weighted by Crippen LogP contribution is 2.17. The monoisotopic (exact) mass is 231 g/mol. The smallest absolute Gasteiger partial charge is 0.226 e. The number of nitrogens with one attached hydrogen (secondary N) is 2. The zero-order valence-electron chi connectivity index (χ0n) is 9.64. The Morgan fingerprint density at radius 2 is 2.00 bits per heavy atom. The number of hydrogen-bond acceptors (Lipinski definition) is 4. The van der Waals surface area contributed by atoms with Gasteiger partial charge in [-0.05, 0) is 34.7 Å². The first-order valence-electron chi connectivity index (χ1n) is 5.32. The van der Waals surface area contributed by atoms with E-state index in [1.165, 1.54) is 0 Å². The minimum atomic E-state index is -0.0341. The Balaban J connectivity index is 2.11. The SMILES string of the molecule is CC(C)C(=O)Nc1ccc(-c2nnn[nH]2)cc1. The Morgan fingerprint density at radius 1 is 1.29 bits per heavy atom. The molecule has 0 saturated carbocycles. The molecule has 6 nitrogen and oxygen atoms in total. The average molecular weight is 231 g/mol. The Hall–Kier alpha value is -2.24. The number of hydrogen-bond donors (Lipinski definition) is 2. The Kier molecular flexibility index (Phi) is 3.13. The Bertz CT molecular complexity index is 489. The summed E-state index contributed by atoms with van der Waals surface area (Å²) in [6.07, 6.45) is 0. The van der Waals surface area contributed by atoms with Crippen LogP contribution in [0, 0.1) is 5.92 Å². The van der Waals surface area contributed by atoms with E-state index >= 15 is 0 Å². The molecule has 0 bridgehead atoms. The largest absolute Gasteiger partial charge is 0.326 e. The molecule has 0 aliphatic carbocycles. The highest BCUT2D eigenvalue weighted by Gasteiger charge is 2.07. The number of carbonyl (C=O) groups excluding carboxylic acids is 1. The number of aromatic amines is 1. The van der Waals surface area contributed by atoms with Crippen molar-refractivity contribution < 1.29 is 4.79 Å². The van der Waals surface area contributed by atoms with Crippen molar-refractivity contribution in [1.29, 1.82) is 0 Å². The Morgan fingerprint density at radius 3 is 2.53 bits per heavy atom. The summed E-state index contributed by atoms with van der Waals surface area (Å²) in [7, 11) is 0. The molecule has 1 aromatic carbocycles. The van der Waals surface area contributed by atoms with Crippen LogP contribution in [0.3, 0.4) is 0 Å². The summed E-state index contributed by atoms with van der Waals surface area (Å²) >= 11 is 0. The summed E-state index contributed by atoms with van der Waals surface area (Å²) in [5, 5.41) is 16.3. The first-order valence-corrected chi connectivity index (χ1v) is 5.32. The molecular weight excluding hydrogens is 218 g/mol. The van der Waals surface area contributed by atoms with Crippen molar-refractivity contribution in [2.45, 2.75) is 13.8 Å².